The molecule has 68 valence electrons. The zero-order chi connectivity index (χ0) is 9.72. The Morgan fingerprint density at radius 2 is 1.75 bits per heavy atom. The van der Waals surface area contributed by atoms with Crippen molar-refractivity contribution in [3.05, 3.63) is 11.3 Å². The summed E-state index contributed by atoms with van der Waals surface area (Å²) in [7, 11) is 0. The second kappa shape index (κ2) is 4.38. The van der Waals surface area contributed by atoms with Crippen LogP contribution in [0.5, 0.6) is 0 Å². The maximum atomic E-state index is 10.4. The molecule has 0 aromatic heterocycles. The minimum atomic E-state index is -1.25. The summed E-state index contributed by atoms with van der Waals surface area (Å²) >= 11 is 0. The average Bonchev–Trinajstić information content (AvgIpc) is 1.84. The van der Waals surface area contributed by atoms with E-state index in [4.69, 9.17) is 10.2 Å². The fourth-order valence-electron chi connectivity index (χ4n) is 0.554. The molecule has 5 heteroatoms. The number of aliphatic carboxylic acids is 2. The lowest BCUT2D eigenvalue weighted by molar-refractivity contribution is -0.143. The minimum Gasteiger partial charge on any atom is -0.479 e. The molecule has 0 aliphatic heterocycles. The molecule has 0 spiro atoms. The van der Waals surface area contributed by atoms with Crippen molar-refractivity contribution >= 4 is 11.9 Å². The molecule has 0 bridgehead atoms. The van der Waals surface area contributed by atoms with E-state index in [2.05, 4.69) is 4.74 Å². The molecule has 5 nitrogen and oxygen atoms in total. The van der Waals surface area contributed by atoms with E-state index < -0.39 is 18.5 Å². The zero-order valence-corrected chi connectivity index (χ0v) is 6.83. The molecule has 0 saturated heterocycles. The molecule has 0 rings (SSSR count). The van der Waals surface area contributed by atoms with Crippen LogP contribution in [0.4, 0.5) is 0 Å². The number of hydrogen-bond donors (Lipinski definition) is 2. The highest BCUT2D eigenvalue weighted by molar-refractivity contribution is 5.85. The summed E-state index contributed by atoms with van der Waals surface area (Å²) in [5, 5.41) is 16.7. The van der Waals surface area contributed by atoms with E-state index in [0.29, 0.717) is 5.57 Å². The molecule has 0 aromatic rings. The maximum absolute atomic E-state index is 10.4. The first-order valence-corrected chi connectivity index (χ1v) is 3.20. The van der Waals surface area contributed by atoms with E-state index in [1.807, 2.05) is 0 Å². The molecular weight excluding hydrogens is 164 g/mol. The van der Waals surface area contributed by atoms with Crippen LogP contribution in [0.15, 0.2) is 11.3 Å². The standard InChI is InChI=1S/C7H10O5/c1-4(2)6(7(10)11)12-3-5(8)9/h3H2,1-2H3,(H,8,9)(H,10,11). The van der Waals surface area contributed by atoms with Crippen molar-refractivity contribution in [2.24, 2.45) is 0 Å². The predicted molar refractivity (Wildman–Crippen MR) is 39.6 cm³/mol. The maximum Gasteiger partial charge on any atom is 0.371 e. The Bertz CT molecular complexity index is 224. The smallest absolute Gasteiger partial charge is 0.371 e. The first-order chi connectivity index (χ1) is 5.45. The Kier molecular flexibility index (Phi) is 3.82. The Morgan fingerprint density at radius 1 is 1.25 bits per heavy atom. The van der Waals surface area contributed by atoms with Crippen molar-refractivity contribution in [3.8, 4) is 0 Å². The molecule has 0 aliphatic carbocycles. The SMILES string of the molecule is CC(C)=C(OCC(=O)O)C(=O)O. The largest absolute Gasteiger partial charge is 0.479 e. The average molecular weight is 174 g/mol. The summed E-state index contributed by atoms with van der Waals surface area (Å²) in [6, 6.07) is 0. The first kappa shape index (κ1) is 10.5. The molecule has 0 radical (unpaired) electrons. The van der Waals surface area contributed by atoms with Crippen LogP contribution in [0.1, 0.15) is 13.8 Å². The van der Waals surface area contributed by atoms with Gasteiger partial charge in [0.1, 0.15) is 0 Å². The van der Waals surface area contributed by atoms with Gasteiger partial charge in [-0.1, -0.05) is 0 Å². The van der Waals surface area contributed by atoms with E-state index in [0.717, 1.165) is 0 Å². The van der Waals surface area contributed by atoms with Gasteiger partial charge < -0.3 is 14.9 Å². The molecule has 0 unspecified atom stereocenters. The van der Waals surface area contributed by atoms with Gasteiger partial charge in [-0.25, -0.2) is 9.59 Å². The van der Waals surface area contributed by atoms with E-state index in [1.165, 1.54) is 13.8 Å². The van der Waals surface area contributed by atoms with Crippen LogP contribution in [-0.4, -0.2) is 28.8 Å². The number of rotatable bonds is 4. The number of carbonyl (C=O) groups is 2. The van der Waals surface area contributed by atoms with Crippen molar-refractivity contribution in [2.45, 2.75) is 13.8 Å². The van der Waals surface area contributed by atoms with E-state index in [-0.39, 0.29) is 5.76 Å². The molecular formula is C7H10O5. The van der Waals surface area contributed by atoms with E-state index in [1.54, 1.807) is 0 Å². The number of carboxylic acid groups (broad SMARTS) is 2. The molecule has 0 fully saturated rings. The van der Waals surface area contributed by atoms with Crippen molar-refractivity contribution in [1.29, 1.82) is 0 Å². The summed E-state index contributed by atoms with van der Waals surface area (Å²) in [5.74, 6) is -2.76. The summed E-state index contributed by atoms with van der Waals surface area (Å²) in [5.41, 5.74) is 0.434. The van der Waals surface area contributed by atoms with Crippen LogP contribution >= 0.6 is 0 Å². The van der Waals surface area contributed by atoms with Crippen LogP contribution in [0.2, 0.25) is 0 Å². The summed E-state index contributed by atoms with van der Waals surface area (Å²) in [6.07, 6.45) is 0. The molecule has 0 saturated carbocycles. The van der Waals surface area contributed by atoms with Gasteiger partial charge >= 0.3 is 11.9 Å². The van der Waals surface area contributed by atoms with Gasteiger partial charge in [0.05, 0.1) is 0 Å². The van der Waals surface area contributed by atoms with Crippen molar-refractivity contribution < 1.29 is 24.5 Å². The van der Waals surface area contributed by atoms with Crippen molar-refractivity contribution in [2.75, 3.05) is 6.61 Å². The molecule has 0 amide bonds. The van der Waals surface area contributed by atoms with Gasteiger partial charge in [0.25, 0.3) is 0 Å². The second-order valence-electron chi connectivity index (χ2n) is 2.32. The summed E-state index contributed by atoms with van der Waals surface area (Å²) in [6.45, 7) is 2.43. The van der Waals surface area contributed by atoms with Gasteiger partial charge in [-0.2, -0.15) is 0 Å². The third-order valence-corrected chi connectivity index (χ3v) is 0.988. The highest BCUT2D eigenvalue weighted by Gasteiger charge is 2.11. The Morgan fingerprint density at radius 3 is 2.00 bits per heavy atom. The van der Waals surface area contributed by atoms with Gasteiger partial charge in [-0.15, -0.1) is 0 Å². The number of allylic oxidation sites excluding steroid dienone is 1. The summed E-state index contributed by atoms with van der Waals surface area (Å²) in [4.78, 5) is 20.4. The molecule has 12 heavy (non-hydrogen) atoms. The number of ether oxygens (including phenoxy) is 1. The Balaban J connectivity index is 4.28. The van der Waals surface area contributed by atoms with Crippen LogP contribution in [0, 0.1) is 0 Å². The quantitative estimate of drug-likeness (QED) is 0.478. The van der Waals surface area contributed by atoms with Gasteiger partial charge in [0.2, 0.25) is 5.76 Å². The van der Waals surface area contributed by atoms with Crippen LogP contribution in [0.25, 0.3) is 0 Å². The van der Waals surface area contributed by atoms with Gasteiger partial charge in [-0.3, -0.25) is 0 Å². The van der Waals surface area contributed by atoms with Crippen LogP contribution in [0.3, 0.4) is 0 Å². The molecule has 2 N–H and O–H groups in total. The highest BCUT2D eigenvalue weighted by Crippen LogP contribution is 2.04. The minimum absolute atomic E-state index is 0.308. The van der Waals surface area contributed by atoms with Crippen LogP contribution < -0.4 is 0 Å². The number of hydrogen-bond acceptors (Lipinski definition) is 3. The zero-order valence-electron chi connectivity index (χ0n) is 6.83. The normalized spacial score (nSPS) is 8.83. The fraction of sp³-hybridized carbons (Fsp3) is 0.429. The van der Waals surface area contributed by atoms with Crippen molar-refractivity contribution in [1.82, 2.24) is 0 Å². The number of carboxylic acids is 2. The van der Waals surface area contributed by atoms with Gasteiger partial charge in [0, 0.05) is 0 Å². The molecule has 0 atom stereocenters. The third-order valence-electron chi connectivity index (χ3n) is 0.988. The lowest BCUT2D eigenvalue weighted by atomic mass is 10.3. The molecule has 0 aromatic carbocycles. The topological polar surface area (TPSA) is 83.8 Å². The highest BCUT2D eigenvalue weighted by atomic mass is 16.5. The van der Waals surface area contributed by atoms with Crippen LogP contribution in [-0.2, 0) is 14.3 Å². The first-order valence-electron chi connectivity index (χ1n) is 3.20. The summed E-state index contributed by atoms with van der Waals surface area (Å²) < 4.78 is 4.51. The van der Waals surface area contributed by atoms with Gasteiger partial charge in [0.15, 0.2) is 6.61 Å². The van der Waals surface area contributed by atoms with E-state index >= 15 is 0 Å². The lowest BCUT2D eigenvalue weighted by Crippen LogP contribution is -2.13. The monoisotopic (exact) mass is 174 g/mol. The van der Waals surface area contributed by atoms with Crippen molar-refractivity contribution in [3.63, 3.8) is 0 Å². The lowest BCUT2D eigenvalue weighted by Gasteiger charge is -2.04. The molecule has 0 heterocycles. The molecule has 0 aliphatic rings. The predicted octanol–water partition coefficient (Wildman–Crippen LogP) is 0.466. The Hall–Kier alpha value is -1.52. The Labute approximate surface area is 69.3 Å². The second-order valence-corrected chi connectivity index (χ2v) is 2.32. The van der Waals surface area contributed by atoms with E-state index in [9.17, 15) is 9.59 Å². The van der Waals surface area contributed by atoms with Gasteiger partial charge in [-0.05, 0) is 19.4 Å². The third kappa shape index (κ3) is 3.60. The fourth-order valence-corrected chi connectivity index (χ4v) is 0.554.